The molecule has 0 atom stereocenters. The minimum atomic E-state index is -1.08. The largest absolute Gasteiger partial charge is 0.462 e. The zero-order valence-electron chi connectivity index (χ0n) is 13.9. The molecular weight excluding hydrogens is 316 g/mol. The Bertz CT molecular complexity index is 658. The fourth-order valence-corrected chi connectivity index (χ4v) is 3.76. The summed E-state index contributed by atoms with van der Waals surface area (Å²) in [6.45, 7) is 12.4. The molecule has 0 saturated carbocycles. The smallest absolute Gasteiger partial charge is 0.348 e. The van der Waals surface area contributed by atoms with Gasteiger partial charge in [0.2, 0.25) is 0 Å². The fraction of sp³-hybridized carbons (Fsp3) is 0.600. The van der Waals surface area contributed by atoms with Gasteiger partial charge in [-0.3, -0.25) is 0 Å². The number of carbonyl (C=O) groups is 1. The van der Waals surface area contributed by atoms with Gasteiger partial charge in [-0.1, -0.05) is 19.6 Å². The molecule has 2 aromatic heterocycles. The molecule has 0 spiro atoms. The van der Waals surface area contributed by atoms with Gasteiger partial charge in [-0.2, -0.15) is 0 Å². The summed E-state index contributed by atoms with van der Waals surface area (Å²) in [5.74, 6) is 0.624. The normalized spacial score (nSPS) is 12.0. The number of hydrogen-bond donors (Lipinski definition) is 0. The average molecular weight is 341 g/mol. The molecule has 0 saturated heterocycles. The highest BCUT2D eigenvalue weighted by Crippen LogP contribution is 2.27. The van der Waals surface area contributed by atoms with Crippen LogP contribution in [-0.2, 0) is 16.2 Å². The van der Waals surface area contributed by atoms with Crippen molar-refractivity contribution in [1.82, 2.24) is 9.55 Å². The molecule has 0 fully saturated rings. The van der Waals surface area contributed by atoms with Crippen LogP contribution in [0.4, 0.5) is 0 Å². The number of rotatable bonds is 7. The Labute approximate surface area is 136 Å². The third-order valence-corrected chi connectivity index (χ3v) is 6.03. The van der Waals surface area contributed by atoms with Crippen LogP contribution in [0.2, 0.25) is 25.7 Å². The number of hydrogen-bond acceptors (Lipinski definition) is 5. The Morgan fingerprint density at radius 1 is 1.41 bits per heavy atom. The van der Waals surface area contributed by atoms with E-state index in [-0.39, 0.29) is 5.97 Å². The number of imidazole rings is 1. The summed E-state index contributed by atoms with van der Waals surface area (Å²) >= 11 is 1.37. The summed E-state index contributed by atoms with van der Waals surface area (Å²) in [5.41, 5.74) is 0.943. The van der Waals surface area contributed by atoms with Gasteiger partial charge in [0.1, 0.15) is 22.3 Å². The molecule has 0 aliphatic carbocycles. The van der Waals surface area contributed by atoms with E-state index in [9.17, 15) is 4.79 Å². The number of esters is 1. The van der Waals surface area contributed by atoms with Crippen molar-refractivity contribution >= 4 is 35.7 Å². The lowest BCUT2D eigenvalue weighted by atomic mass is 10.4. The Kier molecular flexibility index (Phi) is 5.41. The number of aromatic nitrogens is 2. The van der Waals surface area contributed by atoms with Gasteiger partial charge in [-0.05, 0) is 26.0 Å². The quantitative estimate of drug-likeness (QED) is 0.436. The summed E-state index contributed by atoms with van der Waals surface area (Å²) in [6.07, 6.45) is 0. The second-order valence-electron chi connectivity index (χ2n) is 6.46. The standard InChI is InChI=1S/C15H24N2O3SSi/c1-6-20-15(18)13-9-12-14(21-13)16-11(2)17(12)10-19-7-8-22(3,4)5/h9H,6-8,10H2,1-5H3. The van der Waals surface area contributed by atoms with Gasteiger partial charge in [0.15, 0.2) is 0 Å². The maximum Gasteiger partial charge on any atom is 0.348 e. The van der Waals surface area contributed by atoms with E-state index in [4.69, 9.17) is 9.47 Å². The summed E-state index contributed by atoms with van der Waals surface area (Å²) in [5, 5.41) is 0. The van der Waals surface area contributed by atoms with E-state index >= 15 is 0 Å². The maximum atomic E-state index is 11.8. The molecule has 122 valence electrons. The van der Waals surface area contributed by atoms with E-state index < -0.39 is 8.07 Å². The van der Waals surface area contributed by atoms with Crippen LogP contribution in [0.15, 0.2) is 6.07 Å². The molecule has 22 heavy (non-hydrogen) atoms. The summed E-state index contributed by atoms with van der Waals surface area (Å²) < 4.78 is 12.9. The maximum absolute atomic E-state index is 11.8. The van der Waals surface area contributed by atoms with Crippen LogP contribution in [-0.4, -0.2) is 36.8 Å². The van der Waals surface area contributed by atoms with E-state index in [1.807, 2.05) is 17.6 Å². The third-order valence-electron chi connectivity index (χ3n) is 3.33. The molecule has 0 aliphatic rings. The van der Waals surface area contributed by atoms with Gasteiger partial charge in [-0.15, -0.1) is 11.3 Å². The molecular formula is C15H24N2O3SSi. The monoisotopic (exact) mass is 340 g/mol. The molecule has 2 aromatic rings. The Hall–Kier alpha value is -1.18. The minimum absolute atomic E-state index is 0.283. The van der Waals surface area contributed by atoms with Gasteiger partial charge < -0.3 is 14.0 Å². The molecule has 0 aliphatic heterocycles. The summed E-state index contributed by atoms with van der Waals surface area (Å²) in [6, 6.07) is 2.99. The van der Waals surface area contributed by atoms with Crippen molar-refractivity contribution in [3.05, 3.63) is 16.8 Å². The molecule has 0 radical (unpaired) electrons. The fourth-order valence-electron chi connectivity index (χ4n) is 2.03. The van der Waals surface area contributed by atoms with E-state index in [1.54, 1.807) is 6.92 Å². The highest BCUT2D eigenvalue weighted by molar-refractivity contribution is 7.20. The van der Waals surface area contributed by atoms with Crippen LogP contribution in [0.1, 0.15) is 22.4 Å². The highest BCUT2D eigenvalue weighted by atomic mass is 32.1. The lowest BCUT2D eigenvalue weighted by Gasteiger charge is -2.15. The number of aryl methyl sites for hydroxylation is 1. The first-order chi connectivity index (χ1) is 10.3. The first-order valence-corrected chi connectivity index (χ1v) is 12.1. The van der Waals surface area contributed by atoms with Crippen LogP contribution < -0.4 is 0 Å². The predicted octanol–water partition coefficient (Wildman–Crippen LogP) is 3.90. The molecule has 7 heteroatoms. The van der Waals surface area contributed by atoms with Crippen molar-refractivity contribution < 1.29 is 14.3 Å². The van der Waals surface area contributed by atoms with Gasteiger partial charge in [0.05, 0.1) is 12.1 Å². The molecule has 0 aromatic carbocycles. The SMILES string of the molecule is CCOC(=O)c1cc2c(nc(C)n2COCC[Si](C)(C)C)s1. The average Bonchev–Trinajstić information content (AvgIpc) is 2.92. The minimum Gasteiger partial charge on any atom is -0.462 e. The van der Waals surface area contributed by atoms with E-state index in [1.165, 1.54) is 11.3 Å². The van der Waals surface area contributed by atoms with Crippen molar-refractivity contribution in [1.29, 1.82) is 0 Å². The van der Waals surface area contributed by atoms with Crippen molar-refractivity contribution in [2.24, 2.45) is 0 Å². The van der Waals surface area contributed by atoms with E-state index in [2.05, 4.69) is 24.6 Å². The van der Waals surface area contributed by atoms with Gasteiger partial charge in [-0.25, -0.2) is 9.78 Å². The van der Waals surface area contributed by atoms with Crippen LogP contribution in [0, 0.1) is 6.92 Å². The van der Waals surface area contributed by atoms with Gasteiger partial charge in [0, 0.05) is 14.7 Å². The number of ether oxygens (including phenoxy) is 2. The van der Waals surface area contributed by atoms with Gasteiger partial charge >= 0.3 is 5.97 Å². The molecule has 2 rings (SSSR count). The van der Waals surface area contributed by atoms with Gasteiger partial charge in [0.25, 0.3) is 0 Å². The second-order valence-corrected chi connectivity index (χ2v) is 13.1. The van der Waals surface area contributed by atoms with Crippen molar-refractivity contribution in [3.8, 4) is 0 Å². The topological polar surface area (TPSA) is 53.3 Å². The summed E-state index contributed by atoms with van der Waals surface area (Å²) in [7, 11) is -1.08. The lowest BCUT2D eigenvalue weighted by Crippen LogP contribution is -2.22. The Morgan fingerprint density at radius 2 is 2.14 bits per heavy atom. The third kappa shape index (κ3) is 4.18. The zero-order valence-corrected chi connectivity index (χ0v) is 15.7. The molecule has 0 N–H and O–H groups in total. The first-order valence-electron chi connectivity index (χ1n) is 7.53. The Morgan fingerprint density at radius 3 is 2.77 bits per heavy atom. The number of carbonyl (C=O) groups excluding carboxylic acids is 1. The molecule has 0 amide bonds. The van der Waals surface area contributed by atoms with Crippen LogP contribution >= 0.6 is 11.3 Å². The van der Waals surface area contributed by atoms with Crippen LogP contribution in [0.3, 0.4) is 0 Å². The molecule has 0 unspecified atom stereocenters. The van der Waals surface area contributed by atoms with Crippen molar-refractivity contribution in [2.45, 2.75) is 46.3 Å². The molecule has 2 heterocycles. The second kappa shape index (κ2) is 6.93. The highest BCUT2D eigenvalue weighted by Gasteiger charge is 2.17. The summed E-state index contributed by atoms with van der Waals surface area (Å²) in [4.78, 5) is 17.8. The van der Waals surface area contributed by atoms with Crippen LogP contribution in [0.25, 0.3) is 10.3 Å². The number of fused-ring (bicyclic) bond motifs is 1. The predicted molar refractivity (Wildman–Crippen MR) is 92.4 cm³/mol. The molecule has 0 bridgehead atoms. The first kappa shape index (κ1) is 17.2. The van der Waals surface area contributed by atoms with Crippen molar-refractivity contribution in [2.75, 3.05) is 13.2 Å². The zero-order chi connectivity index (χ0) is 16.3. The van der Waals surface area contributed by atoms with Crippen molar-refractivity contribution in [3.63, 3.8) is 0 Å². The van der Waals surface area contributed by atoms with E-state index in [0.717, 1.165) is 28.8 Å². The number of nitrogens with zero attached hydrogens (tertiary/aromatic N) is 2. The lowest BCUT2D eigenvalue weighted by molar-refractivity contribution is 0.0532. The Balaban J connectivity index is 2.08. The molecule has 5 nitrogen and oxygen atoms in total. The number of thiophene rings is 1. The van der Waals surface area contributed by atoms with E-state index in [0.29, 0.717) is 18.2 Å². The van der Waals surface area contributed by atoms with Crippen LogP contribution in [0.5, 0.6) is 0 Å².